The Kier molecular flexibility index (Phi) is 2.65. The third-order valence-corrected chi connectivity index (χ3v) is 3.65. The smallest absolute Gasteiger partial charge is 0.139 e. The molecule has 3 nitrogen and oxygen atoms in total. The summed E-state index contributed by atoms with van der Waals surface area (Å²) in [5.74, 6) is -0.348. The van der Waals surface area contributed by atoms with Crippen LogP contribution < -0.4 is 0 Å². The summed E-state index contributed by atoms with van der Waals surface area (Å²) in [6, 6.07) is 6.84. The number of halogens is 1. The van der Waals surface area contributed by atoms with Crippen molar-refractivity contribution in [2.75, 3.05) is 0 Å². The quantitative estimate of drug-likeness (QED) is 0.769. The van der Waals surface area contributed by atoms with Gasteiger partial charge in [0, 0.05) is 6.20 Å². The monoisotopic (exact) mass is 262 g/mol. The maximum Gasteiger partial charge on any atom is 0.139 e. The molecule has 0 aromatic carbocycles. The van der Waals surface area contributed by atoms with Crippen molar-refractivity contribution in [2.45, 2.75) is 13.0 Å². The number of imidazole rings is 1. The molecule has 0 amide bonds. The van der Waals surface area contributed by atoms with E-state index in [1.165, 1.54) is 12.3 Å². The molecule has 3 rings (SSSR count). The highest BCUT2D eigenvalue weighted by molar-refractivity contribution is 7.13. The van der Waals surface area contributed by atoms with E-state index >= 15 is 0 Å². The minimum Gasteiger partial charge on any atom is -0.387 e. The fraction of sp³-hybridized carbons (Fsp3) is 0.154. The third kappa shape index (κ3) is 1.72. The van der Waals surface area contributed by atoms with E-state index in [1.54, 1.807) is 28.7 Å². The van der Waals surface area contributed by atoms with Crippen LogP contribution in [-0.4, -0.2) is 14.5 Å². The van der Waals surface area contributed by atoms with Crippen LogP contribution in [0.3, 0.4) is 0 Å². The highest BCUT2D eigenvalue weighted by atomic mass is 32.1. The molecule has 0 fully saturated rings. The van der Waals surface area contributed by atoms with Gasteiger partial charge in [0.15, 0.2) is 0 Å². The summed E-state index contributed by atoms with van der Waals surface area (Å²) in [5.41, 5.74) is 1.97. The van der Waals surface area contributed by atoms with E-state index in [9.17, 15) is 9.50 Å². The molecule has 0 radical (unpaired) electrons. The van der Waals surface area contributed by atoms with E-state index in [2.05, 4.69) is 4.98 Å². The molecule has 0 spiro atoms. The predicted octanol–water partition coefficient (Wildman–Crippen LogP) is 3.26. The molecule has 1 N–H and O–H groups in total. The van der Waals surface area contributed by atoms with Crippen molar-refractivity contribution >= 4 is 17.0 Å². The van der Waals surface area contributed by atoms with Crippen LogP contribution in [0.4, 0.5) is 4.39 Å². The molecular weight excluding hydrogens is 251 g/mol. The van der Waals surface area contributed by atoms with Gasteiger partial charge in [-0.2, -0.15) is 0 Å². The fourth-order valence-electron chi connectivity index (χ4n) is 2.03. The van der Waals surface area contributed by atoms with E-state index in [0.717, 1.165) is 4.88 Å². The van der Waals surface area contributed by atoms with Crippen LogP contribution in [0.5, 0.6) is 0 Å². The number of nitrogens with zero attached hydrogens (tertiary/aromatic N) is 2. The summed E-state index contributed by atoms with van der Waals surface area (Å²) < 4.78 is 14.9. The van der Waals surface area contributed by atoms with Crippen LogP contribution in [-0.2, 0) is 0 Å². The first kappa shape index (κ1) is 11.4. The number of thiophene rings is 1. The number of pyridine rings is 1. The zero-order valence-electron chi connectivity index (χ0n) is 9.67. The lowest BCUT2D eigenvalue weighted by atomic mass is 10.2. The van der Waals surface area contributed by atoms with Crippen LogP contribution in [0.1, 0.15) is 18.7 Å². The molecule has 0 saturated carbocycles. The molecule has 0 bridgehead atoms. The van der Waals surface area contributed by atoms with E-state index < -0.39 is 6.10 Å². The van der Waals surface area contributed by atoms with Gasteiger partial charge in [0.1, 0.15) is 17.2 Å². The standard InChI is InChI=1S/C13H11FN2OS/c1-8(17)13-12(10-3-2-6-18-10)15-11-5-4-9(14)7-16(11)13/h2-8,17H,1H3. The van der Waals surface area contributed by atoms with Crippen molar-refractivity contribution in [3.8, 4) is 10.6 Å². The third-order valence-electron chi connectivity index (χ3n) is 2.77. The number of aliphatic hydroxyl groups excluding tert-OH is 1. The van der Waals surface area contributed by atoms with Gasteiger partial charge in [-0.15, -0.1) is 11.3 Å². The minimum absolute atomic E-state index is 0.348. The van der Waals surface area contributed by atoms with E-state index in [1.807, 2.05) is 17.5 Å². The number of fused-ring (bicyclic) bond motifs is 1. The average Bonchev–Trinajstić information content (AvgIpc) is 2.94. The first-order chi connectivity index (χ1) is 8.66. The first-order valence-corrected chi connectivity index (χ1v) is 6.44. The summed E-state index contributed by atoms with van der Waals surface area (Å²) >= 11 is 1.55. The lowest BCUT2D eigenvalue weighted by Crippen LogP contribution is -1.99. The molecule has 92 valence electrons. The van der Waals surface area contributed by atoms with Crippen LogP contribution in [0, 0.1) is 5.82 Å². The molecule has 0 aliphatic rings. The lowest BCUT2D eigenvalue weighted by Gasteiger charge is -2.06. The number of rotatable bonds is 2. The number of aliphatic hydroxyl groups is 1. The van der Waals surface area contributed by atoms with Crippen molar-refractivity contribution in [1.82, 2.24) is 9.38 Å². The molecule has 3 aromatic rings. The zero-order valence-corrected chi connectivity index (χ0v) is 10.5. The summed E-state index contributed by atoms with van der Waals surface area (Å²) in [5, 5.41) is 11.9. The molecule has 18 heavy (non-hydrogen) atoms. The lowest BCUT2D eigenvalue weighted by molar-refractivity contribution is 0.194. The zero-order chi connectivity index (χ0) is 12.7. The van der Waals surface area contributed by atoms with Crippen molar-refractivity contribution < 1.29 is 9.50 Å². The molecule has 0 saturated heterocycles. The van der Waals surface area contributed by atoms with Gasteiger partial charge in [0.2, 0.25) is 0 Å². The number of hydrogen-bond donors (Lipinski definition) is 1. The molecular formula is C13H11FN2OS. The second-order valence-electron chi connectivity index (χ2n) is 4.07. The Hall–Kier alpha value is -1.72. The van der Waals surface area contributed by atoms with Crippen LogP contribution >= 0.6 is 11.3 Å². The van der Waals surface area contributed by atoms with Gasteiger partial charge in [-0.05, 0) is 30.5 Å². The van der Waals surface area contributed by atoms with Gasteiger partial charge in [-0.3, -0.25) is 4.40 Å². The summed E-state index contributed by atoms with van der Waals surface area (Å²) in [6.07, 6.45) is 0.639. The number of aromatic nitrogens is 2. The van der Waals surface area contributed by atoms with Gasteiger partial charge < -0.3 is 5.11 Å². The molecule has 3 aromatic heterocycles. The van der Waals surface area contributed by atoms with E-state index in [4.69, 9.17) is 0 Å². The molecule has 0 aliphatic carbocycles. The van der Waals surface area contributed by atoms with Gasteiger partial charge >= 0.3 is 0 Å². The van der Waals surface area contributed by atoms with Crippen molar-refractivity contribution in [1.29, 1.82) is 0 Å². The van der Waals surface area contributed by atoms with Crippen LogP contribution in [0.15, 0.2) is 35.8 Å². The summed E-state index contributed by atoms with van der Waals surface area (Å²) in [4.78, 5) is 5.43. The molecule has 1 unspecified atom stereocenters. The predicted molar refractivity (Wildman–Crippen MR) is 69.1 cm³/mol. The van der Waals surface area contributed by atoms with Gasteiger partial charge in [0.05, 0.1) is 16.7 Å². The largest absolute Gasteiger partial charge is 0.387 e. The fourth-order valence-corrected chi connectivity index (χ4v) is 2.75. The van der Waals surface area contributed by atoms with E-state index in [-0.39, 0.29) is 5.82 Å². The topological polar surface area (TPSA) is 37.5 Å². The van der Waals surface area contributed by atoms with Crippen molar-refractivity contribution in [2.24, 2.45) is 0 Å². The molecule has 5 heteroatoms. The van der Waals surface area contributed by atoms with E-state index in [0.29, 0.717) is 17.0 Å². The molecule has 1 atom stereocenters. The Bertz CT molecular complexity index is 688. The van der Waals surface area contributed by atoms with Crippen molar-refractivity contribution in [3.05, 3.63) is 47.4 Å². The molecule has 0 aliphatic heterocycles. The van der Waals surface area contributed by atoms with Crippen LogP contribution in [0.25, 0.3) is 16.2 Å². The van der Waals surface area contributed by atoms with Gasteiger partial charge in [-0.1, -0.05) is 6.07 Å². The average molecular weight is 262 g/mol. The Labute approximate surface area is 107 Å². The second kappa shape index (κ2) is 4.19. The Morgan fingerprint density at radius 2 is 2.22 bits per heavy atom. The maximum atomic E-state index is 13.3. The van der Waals surface area contributed by atoms with Crippen molar-refractivity contribution in [3.63, 3.8) is 0 Å². The normalized spacial score (nSPS) is 13.1. The van der Waals surface area contributed by atoms with Gasteiger partial charge in [0.25, 0.3) is 0 Å². The Morgan fingerprint density at radius 1 is 1.39 bits per heavy atom. The van der Waals surface area contributed by atoms with Crippen LogP contribution in [0.2, 0.25) is 0 Å². The highest BCUT2D eigenvalue weighted by Crippen LogP contribution is 2.31. The first-order valence-electron chi connectivity index (χ1n) is 5.56. The minimum atomic E-state index is -0.709. The SMILES string of the molecule is CC(O)c1c(-c2cccs2)nc2ccc(F)cn12. The Morgan fingerprint density at radius 3 is 2.89 bits per heavy atom. The molecule has 3 heterocycles. The highest BCUT2D eigenvalue weighted by Gasteiger charge is 2.18. The summed E-state index contributed by atoms with van der Waals surface area (Å²) in [7, 11) is 0. The summed E-state index contributed by atoms with van der Waals surface area (Å²) in [6.45, 7) is 1.66. The number of hydrogen-bond acceptors (Lipinski definition) is 3. The van der Waals surface area contributed by atoms with Gasteiger partial charge in [-0.25, -0.2) is 9.37 Å². The maximum absolute atomic E-state index is 13.3. The Balaban J connectivity index is 2.35. The second-order valence-corrected chi connectivity index (χ2v) is 5.02.